The first kappa shape index (κ1) is 12.9. The minimum absolute atomic E-state index is 0.681. The molecular formula is C14H25N3. The van der Waals surface area contributed by atoms with Gasteiger partial charge in [-0.1, -0.05) is 19.8 Å². The SMILES string of the molecule is CC1CCCC(N2CCN(CCC#N)CC2)C1. The number of hydrogen-bond acceptors (Lipinski definition) is 3. The van der Waals surface area contributed by atoms with Crippen molar-refractivity contribution in [3.63, 3.8) is 0 Å². The third-order valence-corrected chi connectivity index (χ3v) is 4.37. The molecule has 2 unspecified atom stereocenters. The molecule has 96 valence electrons. The van der Waals surface area contributed by atoms with Gasteiger partial charge in [0.2, 0.25) is 0 Å². The standard InChI is InChI=1S/C14H25N3/c1-13-4-2-5-14(12-13)17-10-8-16(9-11-17)7-3-6-15/h13-14H,2-5,7-12H2,1H3. The Bertz CT molecular complexity index is 263. The second-order valence-electron chi connectivity index (χ2n) is 5.71. The average molecular weight is 235 g/mol. The van der Waals surface area contributed by atoms with Crippen LogP contribution in [0.15, 0.2) is 0 Å². The lowest BCUT2D eigenvalue weighted by atomic mass is 9.86. The van der Waals surface area contributed by atoms with Gasteiger partial charge in [-0.2, -0.15) is 5.26 Å². The summed E-state index contributed by atoms with van der Waals surface area (Å²) in [5.41, 5.74) is 0. The van der Waals surface area contributed by atoms with E-state index in [4.69, 9.17) is 5.26 Å². The van der Waals surface area contributed by atoms with Crippen molar-refractivity contribution in [2.24, 2.45) is 5.92 Å². The summed E-state index contributed by atoms with van der Waals surface area (Å²) in [4.78, 5) is 5.13. The molecule has 0 radical (unpaired) electrons. The maximum Gasteiger partial charge on any atom is 0.0635 e. The van der Waals surface area contributed by atoms with Gasteiger partial charge in [0.25, 0.3) is 0 Å². The van der Waals surface area contributed by atoms with Crippen LogP contribution in [0, 0.1) is 17.2 Å². The third-order valence-electron chi connectivity index (χ3n) is 4.37. The molecular weight excluding hydrogens is 210 g/mol. The van der Waals surface area contributed by atoms with E-state index in [1.54, 1.807) is 0 Å². The molecule has 1 aliphatic heterocycles. The largest absolute Gasteiger partial charge is 0.300 e. The molecule has 2 aliphatic rings. The first-order valence-corrected chi connectivity index (χ1v) is 7.13. The predicted octanol–water partition coefficient (Wildman–Crippen LogP) is 2.10. The van der Waals surface area contributed by atoms with Gasteiger partial charge in [0.1, 0.15) is 0 Å². The maximum atomic E-state index is 8.59. The average Bonchev–Trinajstić information content (AvgIpc) is 2.37. The highest BCUT2D eigenvalue weighted by Crippen LogP contribution is 2.27. The summed E-state index contributed by atoms with van der Waals surface area (Å²) < 4.78 is 0. The van der Waals surface area contributed by atoms with Crippen LogP contribution in [-0.4, -0.2) is 48.6 Å². The topological polar surface area (TPSA) is 30.3 Å². The van der Waals surface area contributed by atoms with Crippen LogP contribution in [0.4, 0.5) is 0 Å². The fraction of sp³-hybridized carbons (Fsp3) is 0.929. The van der Waals surface area contributed by atoms with Gasteiger partial charge in [-0.05, 0) is 18.8 Å². The van der Waals surface area contributed by atoms with Crippen LogP contribution in [0.2, 0.25) is 0 Å². The van der Waals surface area contributed by atoms with E-state index in [1.165, 1.54) is 38.8 Å². The van der Waals surface area contributed by atoms with E-state index in [1.807, 2.05) is 0 Å². The van der Waals surface area contributed by atoms with E-state index < -0.39 is 0 Å². The first-order chi connectivity index (χ1) is 8.29. The van der Waals surface area contributed by atoms with Crippen LogP contribution < -0.4 is 0 Å². The molecule has 0 amide bonds. The Labute approximate surface area is 105 Å². The summed E-state index contributed by atoms with van der Waals surface area (Å²) in [6.45, 7) is 8.10. The molecule has 17 heavy (non-hydrogen) atoms. The second-order valence-corrected chi connectivity index (χ2v) is 5.71. The van der Waals surface area contributed by atoms with Crippen molar-refractivity contribution in [3.8, 4) is 6.07 Å². The molecule has 0 aromatic carbocycles. The van der Waals surface area contributed by atoms with Gasteiger partial charge in [0.05, 0.1) is 6.07 Å². The smallest absolute Gasteiger partial charge is 0.0635 e. The van der Waals surface area contributed by atoms with E-state index in [0.29, 0.717) is 6.42 Å². The zero-order valence-electron chi connectivity index (χ0n) is 11.1. The molecule has 1 saturated heterocycles. The molecule has 2 atom stereocenters. The van der Waals surface area contributed by atoms with Gasteiger partial charge in [-0.25, -0.2) is 0 Å². The minimum Gasteiger partial charge on any atom is -0.300 e. The van der Waals surface area contributed by atoms with Crippen molar-refractivity contribution in [1.29, 1.82) is 5.26 Å². The van der Waals surface area contributed by atoms with Crippen molar-refractivity contribution in [2.75, 3.05) is 32.7 Å². The van der Waals surface area contributed by atoms with E-state index >= 15 is 0 Å². The first-order valence-electron chi connectivity index (χ1n) is 7.13. The fourth-order valence-electron chi connectivity index (χ4n) is 3.29. The van der Waals surface area contributed by atoms with Gasteiger partial charge in [-0.3, -0.25) is 9.80 Å². The van der Waals surface area contributed by atoms with E-state index in [9.17, 15) is 0 Å². The molecule has 0 aromatic heterocycles. The molecule has 1 saturated carbocycles. The van der Waals surface area contributed by atoms with Gasteiger partial charge in [0, 0.05) is 45.2 Å². The molecule has 2 fully saturated rings. The second kappa shape index (κ2) is 6.37. The van der Waals surface area contributed by atoms with Crippen LogP contribution in [-0.2, 0) is 0 Å². The Morgan fingerprint density at radius 2 is 1.94 bits per heavy atom. The molecule has 0 spiro atoms. The Balaban J connectivity index is 1.73. The zero-order chi connectivity index (χ0) is 12.1. The summed E-state index contributed by atoms with van der Waals surface area (Å²) in [5, 5.41) is 8.59. The highest BCUT2D eigenvalue weighted by Gasteiger charge is 2.27. The number of hydrogen-bond donors (Lipinski definition) is 0. The maximum absolute atomic E-state index is 8.59. The van der Waals surface area contributed by atoms with Crippen molar-refractivity contribution >= 4 is 0 Å². The molecule has 3 heteroatoms. The van der Waals surface area contributed by atoms with Gasteiger partial charge < -0.3 is 0 Å². The fourth-order valence-corrected chi connectivity index (χ4v) is 3.29. The van der Waals surface area contributed by atoms with Crippen LogP contribution in [0.1, 0.15) is 39.0 Å². The normalized spacial score (nSPS) is 32.2. The highest BCUT2D eigenvalue weighted by molar-refractivity contribution is 4.83. The summed E-state index contributed by atoms with van der Waals surface area (Å²) >= 11 is 0. The van der Waals surface area contributed by atoms with Crippen LogP contribution >= 0.6 is 0 Å². The Kier molecular flexibility index (Phi) is 4.82. The lowest BCUT2D eigenvalue weighted by Crippen LogP contribution is -2.51. The molecule has 0 N–H and O–H groups in total. The van der Waals surface area contributed by atoms with Crippen LogP contribution in [0.5, 0.6) is 0 Å². The van der Waals surface area contributed by atoms with Crippen molar-refractivity contribution in [2.45, 2.75) is 45.1 Å². The van der Waals surface area contributed by atoms with Gasteiger partial charge >= 0.3 is 0 Å². The molecule has 1 aliphatic carbocycles. The van der Waals surface area contributed by atoms with Gasteiger partial charge in [0.15, 0.2) is 0 Å². The van der Waals surface area contributed by atoms with Crippen molar-refractivity contribution in [1.82, 2.24) is 9.80 Å². The quantitative estimate of drug-likeness (QED) is 0.750. The number of nitriles is 1. The predicted molar refractivity (Wildman–Crippen MR) is 69.7 cm³/mol. The minimum atomic E-state index is 0.681. The number of nitrogens with zero attached hydrogens (tertiary/aromatic N) is 3. The van der Waals surface area contributed by atoms with Crippen LogP contribution in [0.25, 0.3) is 0 Å². The van der Waals surface area contributed by atoms with Crippen molar-refractivity contribution in [3.05, 3.63) is 0 Å². The number of rotatable bonds is 3. The summed E-state index contributed by atoms with van der Waals surface area (Å²) in [6.07, 6.45) is 6.33. The van der Waals surface area contributed by atoms with E-state index in [-0.39, 0.29) is 0 Å². The highest BCUT2D eigenvalue weighted by atomic mass is 15.3. The van der Waals surface area contributed by atoms with Gasteiger partial charge in [-0.15, -0.1) is 0 Å². The van der Waals surface area contributed by atoms with E-state index in [0.717, 1.165) is 31.6 Å². The Morgan fingerprint density at radius 3 is 2.59 bits per heavy atom. The molecule has 3 nitrogen and oxygen atoms in total. The number of piperazine rings is 1. The van der Waals surface area contributed by atoms with Crippen LogP contribution in [0.3, 0.4) is 0 Å². The Hall–Kier alpha value is -0.590. The Morgan fingerprint density at radius 1 is 1.18 bits per heavy atom. The lowest BCUT2D eigenvalue weighted by molar-refractivity contribution is 0.0700. The molecule has 1 heterocycles. The molecule has 2 rings (SSSR count). The lowest BCUT2D eigenvalue weighted by Gasteiger charge is -2.41. The summed E-state index contributed by atoms with van der Waals surface area (Å²) in [7, 11) is 0. The molecule has 0 bridgehead atoms. The molecule has 0 aromatic rings. The zero-order valence-corrected chi connectivity index (χ0v) is 11.1. The monoisotopic (exact) mass is 235 g/mol. The summed E-state index contributed by atoms with van der Waals surface area (Å²) in [6, 6.07) is 3.08. The third kappa shape index (κ3) is 3.69. The van der Waals surface area contributed by atoms with E-state index in [2.05, 4.69) is 22.8 Å². The summed E-state index contributed by atoms with van der Waals surface area (Å²) in [5.74, 6) is 0.922. The van der Waals surface area contributed by atoms with Crippen molar-refractivity contribution < 1.29 is 0 Å².